The topological polar surface area (TPSA) is 55.7 Å². The molecular weight excluding hydrogens is 463 g/mol. The molecule has 0 aliphatic carbocycles. The summed E-state index contributed by atoms with van der Waals surface area (Å²) in [4.78, 5) is 24.1. The van der Waals surface area contributed by atoms with Crippen molar-refractivity contribution in [3.05, 3.63) is 74.0 Å². The van der Waals surface area contributed by atoms with Crippen molar-refractivity contribution in [1.82, 2.24) is 0 Å². The highest BCUT2D eigenvalue weighted by Crippen LogP contribution is 2.41. The summed E-state index contributed by atoms with van der Waals surface area (Å²) in [5.41, 5.74) is 3.15. The number of hydrogen-bond acceptors (Lipinski definition) is 5. The Balaban J connectivity index is 1.82. The van der Waals surface area contributed by atoms with Crippen molar-refractivity contribution >= 4 is 27.4 Å². The quantitative estimate of drug-likeness (QED) is 0.226. The summed E-state index contributed by atoms with van der Waals surface area (Å²) < 4.78 is 44.8. The highest BCUT2D eigenvalue weighted by Gasteiger charge is 2.31. The van der Waals surface area contributed by atoms with Crippen LogP contribution in [-0.2, 0) is 28.5 Å². The van der Waals surface area contributed by atoms with Gasteiger partial charge in [0.05, 0.1) is 12.7 Å². The van der Waals surface area contributed by atoms with Gasteiger partial charge in [-0.2, -0.15) is 18.1 Å². The van der Waals surface area contributed by atoms with E-state index in [-0.39, 0.29) is 18.3 Å². The van der Waals surface area contributed by atoms with E-state index in [0.29, 0.717) is 24.0 Å². The maximum Gasteiger partial charge on any atom is 0.416 e. The highest BCUT2D eigenvalue weighted by molar-refractivity contribution is 7.19. The number of carbonyl (C=O) groups is 1. The van der Waals surface area contributed by atoms with E-state index in [1.54, 1.807) is 6.07 Å². The van der Waals surface area contributed by atoms with Crippen LogP contribution in [0.5, 0.6) is 0 Å². The Morgan fingerprint density at radius 3 is 2.44 bits per heavy atom. The second-order valence-corrected chi connectivity index (χ2v) is 9.86. The number of thiophene rings is 1. The van der Waals surface area contributed by atoms with Crippen LogP contribution >= 0.6 is 11.3 Å². The van der Waals surface area contributed by atoms with Gasteiger partial charge in [-0.15, -0.1) is 11.3 Å². The fourth-order valence-corrected chi connectivity index (χ4v) is 5.67. The summed E-state index contributed by atoms with van der Waals surface area (Å²) in [6.45, 7) is 5.97. The van der Waals surface area contributed by atoms with E-state index >= 15 is 0 Å². The average molecular weight is 492 g/mol. The highest BCUT2D eigenvalue weighted by atomic mass is 32.1. The first kappa shape index (κ1) is 25.9. The van der Waals surface area contributed by atoms with Gasteiger partial charge in [-0.3, -0.25) is 4.79 Å². The van der Waals surface area contributed by atoms with Crippen LogP contribution in [0, 0.1) is 11.8 Å². The van der Waals surface area contributed by atoms with Crippen molar-refractivity contribution in [3.8, 4) is 0 Å². The molecule has 1 aromatic heterocycles. The van der Waals surface area contributed by atoms with Crippen LogP contribution in [0.1, 0.15) is 71.3 Å². The number of benzene rings is 2. The van der Waals surface area contributed by atoms with E-state index in [0.717, 1.165) is 38.6 Å². The molecule has 0 spiro atoms. The van der Waals surface area contributed by atoms with E-state index in [1.807, 2.05) is 39.0 Å². The SMILES string of the molecule is COC(=O)CCc1ccc(C(CCc2sc3cc(C(F)(F)F)ccc3c2C(C)C)N=O)cc1C. The van der Waals surface area contributed by atoms with Crippen molar-refractivity contribution in [3.63, 3.8) is 0 Å². The van der Waals surface area contributed by atoms with Crippen LogP contribution in [0.15, 0.2) is 41.6 Å². The third kappa shape index (κ3) is 5.84. The van der Waals surface area contributed by atoms with E-state index in [4.69, 9.17) is 0 Å². The summed E-state index contributed by atoms with van der Waals surface area (Å²) >= 11 is 1.36. The Labute approximate surface area is 201 Å². The summed E-state index contributed by atoms with van der Waals surface area (Å²) in [5, 5.41) is 4.18. The molecule has 0 N–H and O–H groups in total. The smallest absolute Gasteiger partial charge is 0.416 e. The number of fused-ring (bicyclic) bond motifs is 1. The fourth-order valence-electron chi connectivity index (χ4n) is 4.26. The first-order valence-corrected chi connectivity index (χ1v) is 12.0. The minimum atomic E-state index is -4.39. The van der Waals surface area contributed by atoms with Crippen LogP contribution in [0.3, 0.4) is 0 Å². The summed E-state index contributed by atoms with van der Waals surface area (Å²) in [7, 11) is 1.36. The van der Waals surface area contributed by atoms with Crippen molar-refractivity contribution < 1.29 is 22.7 Å². The predicted octanol–water partition coefficient (Wildman–Crippen LogP) is 7.90. The first-order valence-electron chi connectivity index (χ1n) is 11.2. The number of esters is 1. The van der Waals surface area contributed by atoms with Crippen molar-refractivity contribution in [2.24, 2.45) is 5.18 Å². The van der Waals surface area contributed by atoms with E-state index < -0.39 is 17.8 Å². The number of nitrogens with zero attached hydrogens (tertiary/aromatic N) is 1. The number of carbonyl (C=O) groups excluding carboxylic acids is 1. The molecule has 0 bridgehead atoms. The molecule has 34 heavy (non-hydrogen) atoms. The molecule has 0 radical (unpaired) electrons. The number of aryl methyl sites for hydroxylation is 3. The monoisotopic (exact) mass is 491 g/mol. The molecule has 3 rings (SSSR count). The molecule has 0 fully saturated rings. The second kappa shape index (κ2) is 10.7. The normalized spacial score (nSPS) is 12.8. The van der Waals surface area contributed by atoms with Gasteiger partial charge in [-0.05, 0) is 71.9 Å². The van der Waals surface area contributed by atoms with Gasteiger partial charge in [0.2, 0.25) is 0 Å². The lowest BCUT2D eigenvalue weighted by Crippen LogP contribution is -2.04. The summed E-state index contributed by atoms with van der Waals surface area (Å²) in [5.74, 6) is -0.137. The molecule has 8 heteroatoms. The Kier molecular flexibility index (Phi) is 8.13. The van der Waals surface area contributed by atoms with Gasteiger partial charge in [0.15, 0.2) is 0 Å². The standard InChI is InChI=1S/C26H28F3NO3S/c1-15(2)25-20-9-8-19(26(27,28)29)14-23(20)34-22(25)11-10-21(30-32)18-6-5-17(16(3)13-18)7-12-24(31)33-4/h5-6,8-9,13-15,21H,7,10-12H2,1-4H3. The Bertz CT molecular complexity index is 1180. The number of nitroso groups, excluding NO2 is 1. The van der Waals surface area contributed by atoms with Crippen LogP contribution in [0.2, 0.25) is 0 Å². The maximum atomic E-state index is 13.2. The number of rotatable bonds is 9. The summed E-state index contributed by atoms with van der Waals surface area (Å²) in [6.07, 6.45) is -2.54. The van der Waals surface area contributed by atoms with E-state index in [9.17, 15) is 22.9 Å². The molecule has 4 nitrogen and oxygen atoms in total. The lowest BCUT2D eigenvalue weighted by atomic mass is 9.93. The number of methoxy groups -OCH3 is 1. The van der Waals surface area contributed by atoms with E-state index in [1.165, 1.54) is 24.5 Å². The zero-order chi connectivity index (χ0) is 25.0. The van der Waals surface area contributed by atoms with Gasteiger partial charge in [-0.1, -0.05) is 43.3 Å². The third-order valence-corrected chi connectivity index (χ3v) is 7.29. The van der Waals surface area contributed by atoms with Crippen LogP contribution in [0.4, 0.5) is 13.2 Å². The summed E-state index contributed by atoms with van der Waals surface area (Å²) in [6, 6.07) is 9.01. The molecule has 0 amide bonds. The van der Waals surface area contributed by atoms with Crippen molar-refractivity contribution in [2.75, 3.05) is 7.11 Å². The predicted molar refractivity (Wildman–Crippen MR) is 129 cm³/mol. The van der Waals surface area contributed by atoms with Gasteiger partial charge < -0.3 is 4.74 Å². The van der Waals surface area contributed by atoms with Gasteiger partial charge in [0.25, 0.3) is 0 Å². The van der Waals surface area contributed by atoms with E-state index in [2.05, 4.69) is 9.91 Å². The fraction of sp³-hybridized carbons (Fsp3) is 0.423. The number of alkyl halides is 3. The molecule has 0 aliphatic rings. The van der Waals surface area contributed by atoms with Crippen LogP contribution < -0.4 is 0 Å². The molecule has 1 atom stereocenters. The first-order chi connectivity index (χ1) is 16.0. The Hall–Kier alpha value is -2.74. The Morgan fingerprint density at radius 1 is 1.12 bits per heavy atom. The minimum Gasteiger partial charge on any atom is -0.469 e. The van der Waals surface area contributed by atoms with Gasteiger partial charge in [-0.25, -0.2) is 0 Å². The molecule has 1 heterocycles. The number of halogens is 3. The van der Waals surface area contributed by atoms with Crippen molar-refractivity contribution in [1.29, 1.82) is 0 Å². The lowest BCUT2D eigenvalue weighted by molar-refractivity contribution is -0.140. The van der Waals surface area contributed by atoms with Gasteiger partial charge in [0.1, 0.15) is 6.04 Å². The van der Waals surface area contributed by atoms with Crippen molar-refractivity contribution in [2.45, 2.75) is 64.6 Å². The number of hydrogen-bond donors (Lipinski definition) is 0. The maximum absolute atomic E-state index is 13.2. The largest absolute Gasteiger partial charge is 0.469 e. The zero-order valence-corrected chi connectivity index (χ0v) is 20.5. The average Bonchev–Trinajstić information content (AvgIpc) is 3.15. The Morgan fingerprint density at radius 2 is 1.85 bits per heavy atom. The van der Waals surface area contributed by atoms with Gasteiger partial charge >= 0.3 is 12.1 Å². The minimum absolute atomic E-state index is 0.138. The molecular formula is C26H28F3NO3S. The zero-order valence-electron chi connectivity index (χ0n) is 19.7. The number of ether oxygens (including phenoxy) is 1. The molecule has 0 aliphatic heterocycles. The van der Waals surface area contributed by atoms with Crippen LogP contribution in [0.25, 0.3) is 10.1 Å². The second-order valence-electron chi connectivity index (χ2n) is 8.72. The molecule has 3 aromatic rings. The van der Waals surface area contributed by atoms with Crippen LogP contribution in [-0.4, -0.2) is 13.1 Å². The molecule has 182 valence electrons. The molecule has 2 aromatic carbocycles. The molecule has 0 saturated heterocycles. The van der Waals surface area contributed by atoms with Gasteiger partial charge in [0, 0.05) is 16.0 Å². The molecule has 0 saturated carbocycles. The third-order valence-electron chi connectivity index (χ3n) is 6.06. The lowest BCUT2D eigenvalue weighted by Gasteiger charge is -2.14. The molecule has 1 unspecified atom stereocenters.